The van der Waals surface area contributed by atoms with Gasteiger partial charge in [0.05, 0.1) is 15.1 Å². The monoisotopic (exact) mass is 322 g/mol. The summed E-state index contributed by atoms with van der Waals surface area (Å²) in [4.78, 5) is 0. The Morgan fingerprint density at radius 3 is 2.67 bits per heavy atom. The quantitative estimate of drug-likeness (QED) is 0.836. The highest BCUT2D eigenvalue weighted by Crippen LogP contribution is 2.32. The molecule has 0 spiro atoms. The third-order valence-electron chi connectivity index (χ3n) is 2.24. The third kappa shape index (κ3) is 2.76. The molecule has 0 radical (unpaired) electrons. The fourth-order valence-corrected chi connectivity index (χ4v) is 1.92. The minimum Gasteiger partial charge on any atom is -0.456 e. The molecule has 0 heterocycles. The number of ether oxygens (including phenoxy) is 1. The van der Waals surface area contributed by atoms with Crippen molar-refractivity contribution in [1.82, 2.24) is 0 Å². The molecular weight excluding hydrogens is 316 g/mol. The van der Waals surface area contributed by atoms with Crippen molar-refractivity contribution in [3.63, 3.8) is 0 Å². The number of halogens is 2. The fraction of sp³-hybridized carbons (Fsp3) is 0. The van der Waals surface area contributed by atoms with Crippen LogP contribution in [0.2, 0.25) is 5.02 Å². The number of nitrogen functional groups attached to an aromatic ring is 1. The summed E-state index contributed by atoms with van der Waals surface area (Å²) in [6, 6.07) is 12.1. The average molecular weight is 324 g/mol. The van der Waals surface area contributed by atoms with Crippen molar-refractivity contribution in [2.45, 2.75) is 0 Å². The molecule has 0 amide bonds. The molecule has 0 aliphatic heterocycles. The molecule has 5 heteroatoms. The molecule has 3 nitrogen and oxygen atoms in total. The Hall–Kier alpha value is -1.70. The zero-order valence-electron chi connectivity index (χ0n) is 9.15. The van der Waals surface area contributed by atoms with Gasteiger partial charge in [0.25, 0.3) is 0 Å². The van der Waals surface area contributed by atoms with Crippen molar-refractivity contribution in [3.8, 4) is 17.6 Å². The standard InChI is InChI=1S/C13H8BrClN2O/c14-11-4-2-9(17)5-13(11)18-10-3-1-8(7-16)12(15)6-10/h1-6H,17H2. The molecule has 0 atom stereocenters. The van der Waals surface area contributed by atoms with E-state index >= 15 is 0 Å². The number of rotatable bonds is 2. The maximum absolute atomic E-state index is 8.78. The van der Waals surface area contributed by atoms with Crippen molar-refractivity contribution < 1.29 is 4.74 Å². The molecule has 2 aromatic rings. The zero-order valence-corrected chi connectivity index (χ0v) is 11.5. The maximum Gasteiger partial charge on any atom is 0.143 e. The molecule has 0 saturated heterocycles. The van der Waals surface area contributed by atoms with Crippen molar-refractivity contribution in [2.24, 2.45) is 0 Å². The Balaban J connectivity index is 2.32. The first-order valence-corrected chi connectivity index (χ1v) is 6.20. The van der Waals surface area contributed by atoms with E-state index < -0.39 is 0 Å². The van der Waals surface area contributed by atoms with Gasteiger partial charge in [-0.25, -0.2) is 0 Å². The number of anilines is 1. The summed E-state index contributed by atoms with van der Waals surface area (Å²) < 4.78 is 6.44. The first-order chi connectivity index (χ1) is 8.60. The van der Waals surface area contributed by atoms with Gasteiger partial charge in [0.15, 0.2) is 0 Å². The summed E-state index contributed by atoms with van der Waals surface area (Å²) in [7, 11) is 0. The summed E-state index contributed by atoms with van der Waals surface area (Å²) >= 11 is 9.30. The molecular formula is C13H8BrClN2O. The molecule has 18 heavy (non-hydrogen) atoms. The minimum absolute atomic E-state index is 0.357. The Labute approximate surface area is 118 Å². The van der Waals surface area contributed by atoms with Crippen LogP contribution in [0, 0.1) is 11.3 Å². The fourth-order valence-electron chi connectivity index (χ4n) is 1.38. The average Bonchev–Trinajstić information content (AvgIpc) is 2.34. The van der Waals surface area contributed by atoms with Crippen LogP contribution in [0.5, 0.6) is 11.5 Å². The van der Waals surface area contributed by atoms with Gasteiger partial charge in [-0.05, 0) is 40.2 Å². The first-order valence-electron chi connectivity index (χ1n) is 5.02. The van der Waals surface area contributed by atoms with Gasteiger partial charge in [-0.3, -0.25) is 0 Å². The van der Waals surface area contributed by atoms with Crippen molar-refractivity contribution in [2.75, 3.05) is 5.73 Å². The highest BCUT2D eigenvalue weighted by Gasteiger charge is 2.06. The summed E-state index contributed by atoms with van der Waals surface area (Å²) in [6.07, 6.45) is 0. The van der Waals surface area contributed by atoms with E-state index in [1.54, 1.807) is 36.4 Å². The Kier molecular flexibility index (Phi) is 3.75. The molecule has 0 unspecified atom stereocenters. The van der Waals surface area contributed by atoms with Gasteiger partial charge in [0.1, 0.15) is 17.6 Å². The number of nitrogens with zero attached hydrogens (tertiary/aromatic N) is 1. The molecule has 0 aliphatic rings. The van der Waals surface area contributed by atoms with E-state index in [1.165, 1.54) is 0 Å². The van der Waals surface area contributed by atoms with E-state index in [2.05, 4.69) is 15.9 Å². The van der Waals surface area contributed by atoms with Gasteiger partial charge in [0, 0.05) is 17.8 Å². The SMILES string of the molecule is N#Cc1ccc(Oc2cc(N)ccc2Br)cc1Cl. The Morgan fingerprint density at radius 1 is 1.22 bits per heavy atom. The van der Waals surface area contributed by atoms with E-state index in [0.717, 1.165) is 4.47 Å². The number of hydrogen-bond donors (Lipinski definition) is 1. The second-order valence-corrected chi connectivity index (χ2v) is 4.81. The van der Waals surface area contributed by atoms with Crippen LogP contribution in [0.25, 0.3) is 0 Å². The van der Waals surface area contributed by atoms with E-state index in [-0.39, 0.29) is 0 Å². The van der Waals surface area contributed by atoms with Crippen molar-refractivity contribution >= 4 is 33.2 Å². The smallest absolute Gasteiger partial charge is 0.143 e. The lowest BCUT2D eigenvalue weighted by Crippen LogP contribution is -1.90. The van der Waals surface area contributed by atoms with Gasteiger partial charge >= 0.3 is 0 Å². The van der Waals surface area contributed by atoms with Gasteiger partial charge in [-0.15, -0.1) is 0 Å². The van der Waals surface area contributed by atoms with E-state index in [4.69, 9.17) is 27.3 Å². The zero-order chi connectivity index (χ0) is 13.1. The normalized spacial score (nSPS) is 9.83. The second-order valence-electron chi connectivity index (χ2n) is 3.55. The number of benzene rings is 2. The molecule has 90 valence electrons. The van der Waals surface area contributed by atoms with Crippen LogP contribution in [-0.2, 0) is 0 Å². The van der Waals surface area contributed by atoms with Crippen LogP contribution >= 0.6 is 27.5 Å². The van der Waals surface area contributed by atoms with E-state index in [1.807, 2.05) is 6.07 Å². The van der Waals surface area contributed by atoms with Crippen LogP contribution in [0.3, 0.4) is 0 Å². The molecule has 0 fully saturated rings. The summed E-state index contributed by atoms with van der Waals surface area (Å²) in [6.45, 7) is 0. The Morgan fingerprint density at radius 2 is 2.00 bits per heavy atom. The summed E-state index contributed by atoms with van der Waals surface area (Å²) in [5.74, 6) is 1.14. The highest BCUT2D eigenvalue weighted by atomic mass is 79.9. The second kappa shape index (κ2) is 5.30. The molecule has 0 saturated carbocycles. The number of nitrogens with two attached hydrogens (primary N) is 1. The van der Waals surface area contributed by atoms with Crippen LogP contribution in [0.4, 0.5) is 5.69 Å². The Bertz CT molecular complexity index is 637. The molecule has 0 aromatic heterocycles. The predicted molar refractivity (Wildman–Crippen MR) is 74.8 cm³/mol. The molecule has 2 aromatic carbocycles. The van der Waals surface area contributed by atoms with Crippen LogP contribution in [0.1, 0.15) is 5.56 Å². The lowest BCUT2D eigenvalue weighted by molar-refractivity contribution is 0.480. The van der Waals surface area contributed by atoms with Gasteiger partial charge < -0.3 is 10.5 Å². The maximum atomic E-state index is 8.78. The highest BCUT2D eigenvalue weighted by molar-refractivity contribution is 9.10. The summed E-state index contributed by atoms with van der Waals surface area (Å²) in [5.41, 5.74) is 6.70. The first kappa shape index (κ1) is 12.7. The van der Waals surface area contributed by atoms with E-state index in [0.29, 0.717) is 27.8 Å². The minimum atomic E-state index is 0.357. The molecule has 2 N–H and O–H groups in total. The van der Waals surface area contributed by atoms with Gasteiger partial charge in [-0.1, -0.05) is 11.6 Å². The van der Waals surface area contributed by atoms with Crippen LogP contribution in [-0.4, -0.2) is 0 Å². The topological polar surface area (TPSA) is 59.0 Å². The van der Waals surface area contributed by atoms with Crippen molar-refractivity contribution in [1.29, 1.82) is 5.26 Å². The lowest BCUT2D eigenvalue weighted by atomic mass is 10.2. The van der Waals surface area contributed by atoms with Gasteiger partial charge in [-0.2, -0.15) is 5.26 Å². The molecule has 0 aliphatic carbocycles. The number of hydrogen-bond acceptors (Lipinski definition) is 3. The molecule has 0 bridgehead atoms. The van der Waals surface area contributed by atoms with E-state index in [9.17, 15) is 0 Å². The predicted octanol–water partition coefficient (Wildman–Crippen LogP) is 4.35. The van der Waals surface area contributed by atoms with Crippen LogP contribution < -0.4 is 10.5 Å². The molecule has 2 rings (SSSR count). The summed E-state index contributed by atoms with van der Waals surface area (Å²) in [5, 5.41) is 9.14. The third-order valence-corrected chi connectivity index (χ3v) is 3.21. The van der Waals surface area contributed by atoms with Crippen LogP contribution in [0.15, 0.2) is 40.9 Å². The van der Waals surface area contributed by atoms with Gasteiger partial charge in [0.2, 0.25) is 0 Å². The largest absolute Gasteiger partial charge is 0.456 e. The van der Waals surface area contributed by atoms with Crippen molar-refractivity contribution in [3.05, 3.63) is 51.5 Å². The number of nitriles is 1. The lowest BCUT2D eigenvalue weighted by Gasteiger charge is -2.09.